The number of amides is 1. The highest BCUT2D eigenvalue weighted by Crippen LogP contribution is 2.44. The van der Waals surface area contributed by atoms with Crippen LogP contribution in [0.15, 0.2) is 65.3 Å². The van der Waals surface area contributed by atoms with Crippen LogP contribution in [0, 0.1) is 20.8 Å². The lowest BCUT2D eigenvalue weighted by atomic mass is 9.85. The van der Waals surface area contributed by atoms with Gasteiger partial charge in [-0.15, -0.1) is 0 Å². The third-order valence-corrected chi connectivity index (χ3v) is 8.43. The molecule has 0 aromatic heterocycles. The van der Waals surface area contributed by atoms with Crippen LogP contribution in [0.5, 0.6) is 11.5 Å². The van der Waals surface area contributed by atoms with Gasteiger partial charge in [0.05, 0.1) is 0 Å². The minimum Gasteiger partial charge on any atom is -0.507 e. The topological polar surface area (TPSA) is 58.6 Å². The number of carbonyl (C=O) groups is 1. The normalized spacial score (nSPS) is 17.8. The van der Waals surface area contributed by atoms with Crippen LogP contribution in [0.2, 0.25) is 0 Å². The lowest BCUT2D eigenvalue weighted by Gasteiger charge is -2.38. The van der Waals surface area contributed by atoms with Gasteiger partial charge in [0.15, 0.2) is 0 Å². The number of nitrogens with one attached hydrogen (secondary N) is 1. The van der Waals surface area contributed by atoms with Crippen molar-refractivity contribution in [2.45, 2.75) is 112 Å². The molecule has 4 nitrogen and oxygen atoms in total. The minimum atomic E-state index is -0.176. The van der Waals surface area contributed by atoms with Gasteiger partial charge in [-0.05, 0) is 122 Å². The molecule has 40 heavy (non-hydrogen) atoms. The number of allylic oxidation sites excluding steroid dienone is 5. The summed E-state index contributed by atoms with van der Waals surface area (Å²) in [4.78, 5) is 12.3. The van der Waals surface area contributed by atoms with Gasteiger partial charge in [-0.1, -0.05) is 59.7 Å². The standard InChI is InChI=1S/C36H49NO3/c1-25(16-12-18-27(3)35(39)37-24-31-19-9-8-10-20-31)14-11-15-26(2)17-13-22-36(7)23-21-32-30(6)33(38)28(4)29(5)34(32)40-36/h8-10,14,17-20,38H,11-13,15-16,21-24H2,1-7H3,(H,37,39). The first kappa shape index (κ1) is 31.3. The maximum atomic E-state index is 12.3. The van der Waals surface area contributed by atoms with Gasteiger partial charge in [0.1, 0.15) is 17.1 Å². The van der Waals surface area contributed by atoms with Gasteiger partial charge in [-0.2, -0.15) is 0 Å². The molecule has 0 spiro atoms. The van der Waals surface area contributed by atoms with Crippen LogP contribution >= 0.6 is 0 Å². The Morgan fingerprint density at radius 3 is 2.23 bits per heavy atom. The fourth-order valence-electron chi connectivity index (χ4n) is 5.37. The van der Waals surface area contributed by atoms with E-state index in [9.17, 15) is 9.90 Å². The summed E-state index contributed by atoms with van der Waals surface area (Å²) in [6.45, 7) is 15.1. The Hall–Kier alpha value is -3.27. The van der Waals surface area contributed by atoms with Crippen molar-refractivity contribution >= 4 is 5.91 Å². The summed E-state index contributed by atoms with van der Waals surface area (Å²) in [7, 11) is 0. The first-order chi connectivity index (χ1) is 19.0. The molecule has 2 aromatic carbocycles. The van der Waals surface area contributed by atoms with Gasteiger partial charge < -0.3 is 15.2 Å². The van der Waals surface area contributed by atoms with E-state index in [-0.39, 0.29) is 11.5 Å². The molecule has 1 heterocycles. The van der Waals surface area contributed by atoms with Gasteiger partial charge in [0.25, 0.3) is 0 Å². The third kappa shape index (κ3) is 8.61. The number of carbonyl (C=O) groups excluding carboxylic acids is 1. The fourth-order valence-corrected chi connectivity index (χ4v) is 5.37. The third-order valence-electron chi connectivity index (χ3n) is 8.43. The van der Waals surface area contributed by atoms with E-state index in [1.165, 1.54) is 16.7 Å². The molecule has 0 saturated heterocycles. The lowest BCUT2D eigenvalue weighted by molar-refractivity contribution is -0.117. The lowest BCUT2D eigenvalue weighted by Crippen LogP contribution is -2.37. The molecule has 1 unspecified atom stereocenters. The predicted octanol–water partition coefficient (Wildman–Crippen LogP) is 8.90. The molecule has 3 rings (SSSR count). The van der Waals surface area contributed by atoms with Crippen LogP contribution < -0.4 is 10.1 Å². The summed E-state index contributed by atoms with van der Waals surface area (Å²) in [6, 6.07) is 9.99. The predicted molar refractivity (Wildman–Crippen MR) is 167 cm³/mol. The molecular formula is C36H49NO3. The van der Waals surface area contributed by atoms with Crippen molar-refractivity contribution in [1.29, 1.82) is 0 Å². The maximum Gasteiger partial charge on any atom is 0.246 e. The Balaban J connectivity index is 1.39. The number of benzene rings is 2. The second-order valence-corrected chi connectivity index (χ2v) is 11.9. The molecule has 2 N–H and O–H groups in total. The molecule has 4 heteroatoms. The molecule has 1 aliphatic rings. The molecule has 1 atom stereocenters. The van der Waals surface area contributed by atoms with Crippen LogP contribution in [-0.2, 0) is 17.8 Å². The second-order valence-electron chi connectivity index (χ2n) is 11.9. The van der Waals surface area contributed by atoms with E-state index in [4.69, 9.17) is 4.74 Å². The summed E-state index contributed by atoms with van der Waals surface area (Å²) in [5.74, 6) is 1.41. The molecule has 1 amide bonds. The number of rotatable bonds is 12. The van der Waals surface area contributed by atoms with Crippen LogP contribution in [-0.4, -0.2) is 16.6 Å². The van der Waals surface area contributed by atoms with E-state index in [1.807, 2.05) is 57.2 Å². The summed E-state index contributed by atoms with van der Waals surface area (Å²) in [5.41, 5.74) is 8.63. The SMILES string of the molecule is CC(=CCCC(C)=CCCC1(C)CCc2c(C)c(O)c(C)c(C)c2O1)CCC=C(C)C(=O)NCc1ccccc1. The van der Waals surface area contributed by atoms with Crippen molar-refractivity contribution in [3.63, 3.8) is 0 Å². The van der Waals surface area contributed by atoms with E-state index < -0.39 is 0 Å². The van der Waals surface area contributed by atoms with E-state index in [2.05, 4.69) is 45.2 Å². The van der Waals surface area contributed by atoms with Gasteiger partial charge in [0.2, 0.25) is 5.91 Å². The molecule has 0 aliphatic carbocycles. The molecule has 0 bridgehead atoms. The first-order valence-corrected chi connectivity index (χ1v) is 14.8. The molecule has 0 saturated carbocycles. The van der Waals surface area contributed by atoms with Crippen molar-refractivity contribution in [3.05, 3.63) is 93.1 Å². The number of aromatic hydroxyl groups is 1. The number of ether oxygens (including phenoxy) is 1. The maximum absolute atomic E-state index is 12.3. The molecule has 216 valence electrons. The second kappa shape index (κ2) is 14.4. The quantitative estimate of drug-likeness (QED) is 0.208. The molecular weight excluding hydrogens is 494 g/mol. The van der Waals surface area contributed by atoms with Crippen molar-refractivity contribution in [2.75, 3.05) is 0 Å². The average molecular weight is 544 g/mol. The number of phenolic OH excluding ortho intramolecular Hbond substituents is 1. The van der Waals surface area contributed by atoms with Crippen LogP contribution in [0.4, 0.5) is 0 Å². The molecule has 0 fully saturated rings. The average Bonchev–Trinajstić information content (AvgIpc) is 2.94. The Morgan fingerprint density at radius 1 is 0.925 bits per heavy atom. The number of phenols is 1. The molecule has 2 aromatic rings. The Labute approximate surface area is 242 Å². The Morgan fingerprint density at radius 2 is 1.55 bits per heavy atom. The summed E-state index contributed by atoms with van der Waals surface area (Å²) in [5, 5.41) is 13.4. The van der Waals surface area contributed by atoms with E-state index >= 15 is 0 Å². The van der Waals surface area contributed by atoms with Gasteiger partial charge in [-0.3, -0.25) is 4.79 Å². The van der Waals surface area contributed by atoms with Crippen LogP contribution in [0.25, 0.3) is 0 Å². The Bertz CT molecular complexity index is 1270. The summed E-state index contributed by atoms with van der Waals surface area (Å²) < 4.78 is 6.58. The zero-order chi connectivity index (χ0) is 29.3. The van der Waals surface area contributed by atoms with Gasteiger partial charge in [-0.25, -0.2) is 0 Å². The van der Waals surface area contributed by atoms with E-state index in [1.54, 1.807) is 0 Å². The smallest absolute Gasteiger partial charge is 0.246 e. The highest BCUT2D eigenvalue weighted by molar-refractivity contribution is 5.92. The van der Waals surface area contributed by atoms with Gasteiger partial charge >= 0.3 is 0 Å². The first-order valence-electron chi connectivity index (χ1n) is 14.8. The van der Waals surface area contributed by atoms with Crippen molar-refractivity contribution < 1.29 is 14.6 Å². The van der Waals surface area contributed by atoms with Crippen LogP contribution in [0.1, 0.15) is 100 Å². The van der Waals surface area contributed by atoms with E-state index in [0.29, 0.717) is 12.3 Å². The van der Waals surface area contributed by atoms with Crippen LogP contribution in [0.3, 0.4) is 0 Å². The zero-order valence-electron chi connectivity index (χ0n) is 25.7. The minimum absolute atomic E-state index is 0.00241. The van der Waals surface area contributed by atoms with Gasteiger partial charge in [0, 0.05) is 17.7 Å². The molecule has 0 radical (unpaired) electrons. The van der Waals surface area contributed by atoms with E-state index in [0.717, 1.165) is 84.9 Å². The Kier molecular flexibility index (Phi) is 11.2. The molecule has 1 aliphatic heterocycles. The number of hydrogen-bond donors (Lipinski definition) is 2. The highest BCUT2D eigenvalue weighted by Gasteiger charge is 2.33. The highest BCUT2D eigenvalue weighted by atomic mass is 16.5. The largest absolute Gasteiger partial charge is 0.507 e. The van der Waals surface area contributed by atoms with Crippen molar-refractivity contribution in [2.24, 2.45) is 0 Å². The number of fused-ring (bicyclic) bond motifs is 1. The van der Waals surface area contributed by atoms with Crippen molar-refractivity contribution in [3.8, 4) is 11.5 Å². The summed E-state index contributed by atoms with van der Waals surface area (Å²) in [6.07, 6.45) is 14.6. The van der Waals surface area contributed by atoms with Crippen molar-refractivity contribution in [1.82, 2.24) is 5.32 Å². The monoisotopic (exact) mass is 543 g/mol. The summed E-state index contributed by atoms with van der Waals surface area (Å²) >= 11 is 0. The zero-order valence-corrected chi connectivity index (χ0v) is 25.7. The number of hydrogen-bond acceptors (Lipinski definition) is 3. The fraction of sp³-hybridized carbons (Fsp3) is 0.472.